The second-order valence-corrected chi connectivity index (χ2v) is 4.56. The minimum absolute atomic E-state index is 0.443. The smallest absolute Gasteiger partial charge is 0.128 e. The fourth-order valence-electron chi connectivity index (χ4n) is 1.66. The molecule has 3 nitrogen and oxygen atoms in total. The first-order valence-electron chi connectivity index (χ1n) is 5.93. The number of aliphatic hydroxyl groups is 1. The van der Waals surface area contributed by atoms with E-state index in [-0.39, 0.29) is 0 Å². The maximum Gasteiger partial charge on any atom is 0.128 e. The van der Waals surface area contributed by atoms with Crippen LogP contribution in [0.25, 0.3) is 0 Å². The van der Waals surface area contributed by atoms with Crippen LogP contribution in [-0.4, -0.2) is 23.2 Å². The molecule has 1 heterocycles. The Morgan fingerprint density at radius 2 is 2.00 bits per heavy atom. The van der Waals surface area contributed by atoms with E-state index in [1.54, 1.807) is 13.1 Å². The third-order valence-electron chi connectivity index (χ3n) is 2.54. The minimum Gasteiger partial charge on any atom is -0.389 e. The molecule has 0 bridgehead atoms. The zero-order valence-corrected chi connectivity index (χ0v) is 10.6. The minimum atomic E-state index is -0.443. The van der Waals surface area contributed by atoms with Gasteiger partial charge in [-0.1, -0.05) is 19.9 Å². The van der Waals surface area contributed by atoms with Gasteiger partial charge in [0.2, 0.25) is 0 Å². The van der Waals surface area contributed by atoms with Crippen molar-refractivity contribution >= 4 is 5.82 Å². The summed E-state index contributed by atoms with van der Waals surface area (Å²) in [4.78, 5) is 6.64. The average Bonchev–Trinajstić information content (AvgIpc) is 2.25. The van der Waals surface area contributed by atoms with Gasteiger partial charge in [-0.3, -0.25) is 0 Å². The maximum atomic E-state index is 9.40. The molecule has 0 aliphatic heterocycles. The highest BCUT2D eigenvalue weighted by Gasteiger charge is 2.08. The van der Waals surface area contributed by atoms with Crippen LogP contribution in [0.4, 0.5) is 5.82 Å². The largest absolute Gasteiger partial charge is 0.389 e. The van der Waals surface area contributed by atoms with Gasteiger partial charge in [-0.25, -0.2) is 4.98 Å². The van der Waals surface area contributed by atoms with Crippen LogP contribution in [0, 0.1) is 5.92 Å². The number of rotatable bonds is 5. The fourth-order valence-corrected chi connectivity index (χ4v) is 1.66. The van der Waals surface area contributed by atoms with Crippen LogP contribution >= 0.6 is 0 Å². The number of aromatic nitrogens is 1. The van der Waals surface area contributed by atoms with Gasteiger partial charge < -0.3 is 10.0 Å². The molecule has 90 valence electrons. The lowest BCUT2D eigenvalue weighted by Crippen LogP contribution is -2.28. The Bertz CT molecular complexity index is 306. The number of nitrogens with zero attached hydrogens (tertiary/aromatic N) is 2. The second-order valence-electron chi connectivity index (χ2n) is 4.56. The molecular weight excluding hydrogens is 200 g/mol. The molecule has 0 radical (unpaired) electrons. The van der Waals surface area contributed by atoms with Crippen LogP contribution < -0.4 is 4.90 Å². The number of hydrogen-bond donors (Lipinski definition) is 1. The van der Waals surface area contributed by atoms with E-state index >= 15 is 0 Å². The molecule has 16 heavy (non-hydrogen) atoms. The summed E-state index contributed by atoms with van der Waals surface area (Å²) in [6, 6.07) is 3.92. The molecule has 0 aliphatic rings. The molecule has 1 aromatic rings. The molecule has 0 amide bonds. The van der Waals surface area contributed by atoms with Gasteiger partial charge in [0.05, 0.1) is 6.10 Å². The number of hydrogen-bond acceptors (Lipinski definition) is 3. The van der Waals surface area contributed by atoms with E-state index in [0.29, 0.717) is 5.92 Å². The predicted octanol–water partition coefficient (Wildman–Crippen LogP) is 2.62. The molecule has 3 heteroatoms. The van der Waals surface area contributed by atoms with Crippen molar-refractivity contribution in [3.05, 3.63) is 23.9 Å². The molecule has 1 rings (SSSR count). The zero-order chi connectivity index (χ0) is 12.1. The summed E-state index contributed by atoms with van der Waals surface area (Å²) in [7, 11) is 0. The van der Waals surface area contributed by atoms with Crippen LogP contribution in [0.5, 0.6) is 0 Å². The Morgan fingerprint density at radius 1 is 1.31 bits per heavy atom. The predicted molar refractivity (Wildman–Crippen MR) is 67.6 cm³/mol. The Balaban J connectivity index is 2.78. The van der Waals surface area contributed by atoms with Gasteiger partial charge in [0.1, 0.15) is 5.82 Å². The first-order chi connectivity index (χ1) is 7.54. The first-order valence-corrected chi connectivity index (χ1v) is 5.93. The number of aliphatic hydroxyl groups excluding tert-OH is 1. The van der Waals surface area contributed by atoms with Gasteiger partial charge in [-0.05, 0) is 31.4 Å². The van der Waals surface area contributed by atoms with E-state index in [1.807, 2.05) is 12.1 Å². The van der Waals surface area contributed by atoms with Crippen molar-refractivity contribution in [1.29, 1.82) is 0 Å². The first kappa shape index (κ1) is 13.0. The Labute approximate surface area is 98.1 Å². The van der Waals surface area contributed by atoms with E-state index in [4.69, 9.17) is 0 Å². The Kier molecular flexibility index (Phi) is 4.74. The third kappa shape index (κ3) is 3.49. The van der Waals surface area contributed by atoms with Crippen molar-refractivity contribution in [2.24, 2.45) is 5.92 Å². The van der Waals surface area contributed by atoms with Crippen molar-refractivity contribution in [3.8, 4) is 0 Å². The summed E-state index contributed by atoms with van der Waals surface area (Å²) < 4.78 is 0. The average molecular weight is 222 g/mol. The quantitative estimate of drug-likeness (QED) is 0.832. The fraction of sp³-hybridized carbons (Fsp3) is 0.615. The molecule has 0 fully saturated rings. The second kappa shape index (κ2) is 5.85. The van der Waals surface area contributed by atoms with Gasteiger partial charge in [0.25, 0.3) is 0 Å². The summed E-state index contributed by atoms with van der Waals surface area (Å²) in [6.07, 6.45) is 1.31. The highest BCUT2D eigenvalue weighted by molar-refractivity contribution is 5.39. The molecule has 1 N–H and O–H groups in total. The van der Waals surface area contributed by atoms with Gasteiger partial charge in [-0.15, -0.1) is 0 Å². The molecule has 0 aliphatic carbocycles. The third-order valence-corrected chi connectivity index (χ3v) is 2.54. The summed E-state index contributed by atoms with van der Waals surface area (Å²) in [5, 5.41) is 9.40. The number of pyridine rings is 1. The lowest BCUT2D eigenvalue weighted by Gasteiger charge is -2.24. The van der Waals surface area contributed by atoms with Crippen LogP contribution in [0.3, 0.4) is 0 Å². The monoisotopic (exact) mass is 222 g/mol. The summed E-state index contributed by atoms with van der Waals surface area (Å²) >= 11 is 0. The van der Waals surface area contributed by atoms with Gasteiger partial charge >= 0.3 is 0 Å². The van der Waals surface area contributed by atoms with Crippen molar-refractivity contribution in [2.45, 2.75) is 33.8 Å². The summed E-state index contributed by atoms with van der Waals surface area (Å²) in [5.41, 5.74) is 0.865. The van der Waals surface area contributed by atoms with Crippen LogP contribution in [0.2, 0.25) is 0 Å². The van der Waals surface area contributed by atoms with Crippen LogP contribution in [0.15, 0.2) is 18.3 Å². The van der Waals surface area contributed by atoms with E-state index in [9.17, 15) is 5.11 Å². The standard InChI is InChI=1S/C13H22N2O/c1-5-15(9-10(2)3)13-7-6-12(8-14-13)11(4)16/h6-8,10-11,16H,5,9H2,1-4H3. The van der Waals surface area contributed by atoms with E-state index in [1.165, 1.54) is 0 Å². The lowest BCUT2D eigenvalue weighted by molar-refractivity contribution is 0.199. The molecule has 1 atom stereocenters. The highest BCUT2D eigenvalue weighted by atomic mass is 16.3. The van der Waals surface area contributed by atoms with E-state index < -0.39 is 6.10 Å². The van der Waals surface area contributed by atoms with Gasteiger partial charge in [-0.2, -0.15) is 0 Å². The normalized spacial score (nSPS) is 12.9. The lowest BCUT2D eigenvalue weighted by atomic mass is 10.2. The highest BCUT2D eigenvalue weighted by Crippen LogP contribution is 2.16. The Morgan fingerprint density at radius 3 is 2.38 bits per heavy atom. The zero-order valence-electron chi connectivity index (χ0n) is 10.6. The summed E-state index contributed by atoms with van der Waals surface area (Å²) in [5.74, 6) is 1.61. The van der Waals surface area contributed by atoms with Crippen molar-refractivity contribution in [2.75, 3.05) is 18.0 Å². The molecule has 0 spiro atoms. The molecule has 0 saturated carbocycles. The van der Waals surface area contributed by atoms with Gasteiger partial charge in [0.15, 0.2) is 0 Å². The molecule has 0 aromatic carbocycles. The molecule has 0 saturated heterocycles. The van der Waals surface area contributed by atoms with Crippen molar-refractivity contribution < 1.29 is 5.11 Å². The van der Waals surface area contributed by atoms with E-state index in [0.717, 1.165) is 24.5 Å². The topological polar surface area (TPSA) is 36.4 Å². The van der Waals surface area contributed by atoms with E-state index in [2.05, 4.69) is 30.7 Å². The maximum absolute atomic E-state index is 9.40. The molecule has 1 aromatic heterocycles. The SMILES string of the molecule is CCN(CC(C)C)c1ccc(C(C)O)cn1. The number of anilines is 1. The van der Waals surface area contributed by atoms with Crippen molar-refractivity contribution in [3.63, 3.8) is 0 Å². The Hall–Kier alpha value is -1.09. The van der Waals surface area contributed by atoms with Crippen LogP contribution in [0.1, 0.15) is 39.4 Å². The summed E-state index contributed by atoms with van der Waals surface area (Å²) in [6.45, 7) is 10.3. The van der Waals surface area contributed by atoms with Crippen molar-refractivity contribution in [1.82, 2.24) is 4.98 Å². The molecule has 1 unspecified atom stereocenters. The molecular formula is C13H22N2O. The van der Waals surface area contributed by atoms with Crippen LogP contribution in [-0.2, 0) is 0 Å². The van der Waals surface area contributed by atoms with Gasteiger partial charge in [0, 0.05) is 19.3 Å².